The fourth-order valence-corrected chi connectivity index (χ4v) is 1.26. The van der Waals surface area contributed by atoms with Gasteiger partial charge in [0.1, 0.15) is 10.3 Å². The van der Waals surface area contributed by atoms with Crippen molar-refractivity contribution in [1.82, 2.24) is 9.97 Å². The second-order valence-electron chi connectivity index (χ2n) is 2.71. The Morgan fingerprint density at radius 1 is 1.65 bits per heavy atom. The molecule has 1 amide bonds. The molecule has 1 rings (SSSR count). The summed E-state index contributed by atoms with van der Waals surface area (Å²) in [5.41, 5.74) is -0.340. The Balaban J connectivity index is 2.86. The van der Waals surface area contributed by atoms with Crippen molar-refractivity contribution < 1.29 is 19.4 Å². The Morgan fingerprint density at radius 3 is 2.94 bits per heavy atom. The van der Waals surface area contributed by atoms with Crippen LogP contribution in [0.3, 0.4) is 0 Å². The van der Waals surface area contributed by atoms with Gasteiger partial charge in [-0.2, -0.15) is 0 Å². The van der Waals surface area contributed by atoms with Crippen LogP contribution in [0.5, 0.6) is 0 Å². The topological polar surface area (TPSA) is 101 Å². The third-order valence-electron chi connectivity index (χ3n) is 1.50. The molecule has 0 bridgehead atoms. The van der Waals surface area contributed by atoms with Crippen molar-refractivity contribution in [3.05, 3.63) is 28.2 Å². The smallest absolute Gasteiger partial charge is 0.413 e. The third-order valence-corrected chi connectivity index (χ3v) is 2.02. The van der Waals surface area contributed by atoms with Crippen LogP contribution in [0.2, 0.25) is 0 Å². The van der Waals surface area contributed by atoms with Crippen molar-refractivity contribution in [1.29, 1.82) is 0 Å². The summed E-state index contributed by atoms with van der Waals surface area (Å²) >= 11 is 1.82. The van der Waals surface area contributed by atoms with E-state index in [0.29, 0.717) is 3.70 Å². The van der Waals surface area contributed by atoms with Gasteiger partial charge in [0.25, 0.3) is 0 Å². The van der Waals surface area contributed by atoms with Gasteiger partial charge in [0.15, 0.2) is 11.5 Å². The number of anilines is 1. The van der Waals surface area contributed by atoms with Gasteiger partial charge in [0.2, 0.25) is 0 Å². The molecule has 0 spiro atoms. The van der Waals surface area contributed by atoms with Crippen LogP contribution in [0.1, 0.15) is 10.5 Å². The number of ether oxygens (including phenoxy) is 1. The van der Waals surface area contributed by atoms with E-state index in [1.807, 2.05) is 22.6 Å². The molecule has 2 N–H and O–H groups in total. The van der Waals surface area contributed by atoms with E-state index in [1.165, 1.54) is 12.3 Å². The van der Waals surface area contributed by atoms with Gasteiger partial charge < -0.3 is 9.84 Å². The number of halogens is 1. The molecule has 0 saturated heterocycles. The minimum Gasteiger partial charge on any atom is -0.476 e. The fraction of sp³-hybridized carbons (Fsp3) is 0.111. The van der Waals surface area contributed by atoms with Crippen LogP contribution in [0.4, 0.5) is 10.6 Å². The van der Waals surface area contributed by atoms with E-state index in [1.54, 1.807) is 0 Å². The first-order valence-corrected chi connectivity index (χ1v) is 5.43. The van der Waals surface area contributed by atoms with Crippen LogP contribution in [0.25, 0.3) is 0 Å². The van der Waals surface area contributed by atoms with Crippen molar-refractivity contribution in [2.24, 2.45) is 0 Å². The SMILES string of the molecule is C=CCOC(=O)Nc1ncc(I)nc1C(=O)O. The van der Waals surface area contributed by atoms with Crippen LogP contribution < -0.4 is 5.32 Å². The molecule has 90 valence electrons. The minimum atomic E-state index is -1.28. The molecule has 1 heterocycles. The Kier molecular flexibility index (Phi) is 4.82. The van der Waals surface area contributed by atoms with E-state index >= 15 is 0 Å². The number of aromatic nitrogens is 2. The number of nitrogens with zero attached hydrogens (tertiary/aromatic N) is 2. The van der Waals surface area contributed by atoms with Crippen LogP contribution in [-0.4, -0.2) is 33.7 Å². The molecular formula is C9H8IN3O4. The lowest BCUT2D eigenvalue weighted by atomic mass is 10.4. The molecule has 0 aromatic carbocycles. The van der Waals surface area contributed by atoms with Crippen molar-refractivity contribution >= 4 is 40.5 Å². The maximum absolute atomic E-state index is 11.2. The van der Waals surface area contributed by atoms with Gasteiger partial charge in [0.05, 0.1) is 6.20 Å². The second-order valence-corrected chi connectivity index (χ2v) is 3.81. The van der Waals surface area contributed by atoms with Crippen molar-refractivity contribution in [3.8, 4) is 0 Å². The van der Waals surface area contributed by atoms with E-state index in [0.717, 1.165) is 0 Å². The maximum atomic E-state index is 11.2. The summed E-state index contributed by atoms with van der Waals surface area (Å²) in [6, 6.07) is 0. The van der Waals surface area contributed by atoms with Gasteiger partial charge in [-0.3, -0.25) is 5.32 Å². The highest BCUT2D eigenvalue weighted by atomic mass is 127. The molecule has 0 atom stereocenters. The van der Waals surface area contributed by atoms with Gasteiger partial charge in [-0.05, 0) is 22.6 Å². The number of aromatic carboxylic acids is 1. The predicted molar refractivity (Wildman–Crippen MR) is 66.9 cm³/mol. The fourth-order valence-electron chi connectivity index (χ4n) is 0.876. The van der Waals surface area contributed by atoms with E-state index in [2.05, 4.69) is 26.6 Å². The molecule has 0 fully saturated rings. The van der Waals surface area contributed by atoms with Crippen LogP contribution in [-0.2, 0) is 4.74 Å². The van der Waals surface area contributed by atoms with Crippen molar-refractivity contribution in [2.45, 2.75) is 0 Å². The average Bonchev–Trinajstić information content (AvgIpc) is 2.28. The summed E-state index contributed by atoms with van der Waals surface area (Å²) in [6.07, 6.45) is 1.90. The first kappa shape index (κ1) is 13.4. The molecule has 0 aliphatic heterocycles. The first-order chi connectivity index (χ1) is 8.04. The molecule has 1 aromatic heterocycles. The largest absolute Gasteiger partial charge is 0.476 e. The zero-order valence-electron chi connectivity index (χ0n) is 8.51. The van der Waals surface area contributed by atoms with E-state index in [4.69, 9.17) is 5.11 Å². The monoisotopic (exact) mass is 349 g/mol. The number of amides is 1. The van der Waals surface area contributed by atoms with E-state index < -0.39 is 12.1 Å². The quantitative estimate of drug-likeness (QED) is 0.631. The second kappa shape index (κ2) is 6.13. The Hall–Kier alpha value is -1.71. The molecule has 0 unspecified atom stereocenters. The summed E-state index contributed by atoms with van der Waals surface area (Å²) in [4.78, 5) is 29.5. The molecule has 0 aliphatic carbocycles. The minimum absolute atomic E-state index is 0.0199. The number of nitrogens with one attached hydrogen (secondary N) is 1. The highest BCUT2D eigenvalue weighted by Crippen LogP contribution is 2.11. The molecular weight excluding hydrogens is 341 g/mol. The molecule has 0 saturated carbocycles. The van der Waals surface area contributed by atoms with Crippen LogP contribution >= 0.6 is 22.6 Å². The summed E-state index contributed by atoms with van der Waals surface area (Å²) < 4.78 is 5.04. The van der Waals surface area contributed by atoms with Gasteiger partial charge in [-0.25, -0.2) is 19.6 Å². The van der Waals surface area contributed by atoms with Crippen molar-refractivity contribution in [3.63, 3.8) is 0 Å². The summed E-state index contributed by atoms with van der Waals surface area (Å²) in [7, 11) is 0. The zero-order chi connectivity index (χ0) is 12.8. The van der Waals surface area contributed by atoms with Gasteiger partial charge in [-0.15, -0.1) is 0 Å². The lowest BCUT2D eigenvalue weighted by molar-refractivity contribution is 0.0691. The maximum Gasteiger partial charge on any atom is 0.413 e. The predicted octanol–water partition coefficient (Wildman–Crippen LogP) is 1.51. The highest BCUT2D eigenvalue weighted by Gasteiger charge is 2.16. The number of hydrogen-bond donors (Lipinski definition) is 2. The Morgan fingerprint density at radius 2 is 2.35 bits per heavy atom. The van der Waals surface area contributed by atoms with E-state index in [-0.39, 0.29) is 18.1 Å². The van der Waals surface area contributed by atoms with Crippen molar-refractivity contribution in [2.75, 3.05) is 11.9 Å². The third kappa shape index (κ3) is 3.98. The molecule has 1 aromatic rings. The molecule has 0 radical (unpaired) electrons. The number of carboxylic acid groups (broad SMARTS) is 1. The molecule has 8 heteroatoms. The molecule has 7 nitrogen and oxygen atoms in total. The standard InChI is InChI=1S/C9H8IN3O4/c1-2-3-17-9(16)13-7-6(8(14)15)12-5(10)4-11-7/h2,4H,1,3H2,(H,14,15)(H,11,13,16). The average molecular weight is 349 g/mol. The van der Waals surface area contributed by atoms with Gasteiger partial charge in [-0.1, -0.05) is 12.7 Å². The molecule has 0 aliphatic rings. The highest BCUT2D eigenvalue weighted by molar-refractivity contribution is 14.1. The van der Waals surface area contributed by atoms with Crippen LogP contribution in [0.15, 0.2) is 18.9 Å². The summed E-state index contributed by atoms with van der Waals surface area (Å²) in [6.45, 7) is 3.39. The number of carbonyl (C=O) groups excluding carboxylic acids is 1. The number of carboxylic acids is 1. The molecule has 17 heavy (non-hydrogen) atoms. The summed E-state index contributed by atoms with van der Waals surface area (Å²) in [5.74, 6) is -1.44. The number of rotatable bonds is 4. The van der Waals surface area contributed by atoms with Gasteiger partial charge in [0, 0.05) is 0 Å². The first-order valence-electron chi connectivity index (χ1n) is 4.35. The Labute approximate surface area is 110 Å². The number of carbonyl (C=O) groups is 2. The normalized spacial score (nSPS) is 9.47. The summed E-state index contributed by atoms with van der Waals surface area (Å²) in [5, 5.41) is 11.1. The zero-order valence-corrected chi connectivity index (χ0v) is 10.7. The lowest BCUT2D eigenvalue weighted by Crippen LogP contribution is -2.18. The lowest BCUT2D eigenvalue weighted by Gasteiger charge is -2.06. The number of hydrogen-bond acceptors (Lipinski definition) is 5. The van der Waals surface area contributed by atoms with Crippen LogP contribution in [0, 0.1) is 3.70 Å². The van der Waals surface area contributed by atoms with Gasteiger partial charge >= 0.3 is 12.1 Å². The van der Waals surface area contributed by atoms with E-state index in [9.17, 15) is 9.59 Å². The Bertz CT molecular complexity index is 464.